The zero-order valence-electron chi connectivity index (χ0n) is 15.2. The Balaban J connectivity index is 1.87. The Morgan fingerprint density at radius 3 is 2.14 bits per heavy atom. The van der Waals surface area contributed by atoms with Crippen LogP contribution in [0.25, 0.3) is 0 Å². The van der Waals surface area contributed by atoms with Crippen molar-refractivity contribution in [2.24, 2.45) is 0 Å². The van der Waals surface area contributed by atoms with E-state index in [1.165, 1.54) is 12.1 Å². The monoisotopic (exact) mass is 416 g/mol. The molecule has 0 aliphatic carbocycles. The maximum absolute atomic E-state index is 13.9. The number of halogens is 2. The number of hydrogen-bond acceptors (Lipinski definition) is 3. The molecular weight excluding hydrogens is 398 g/mol. The summed E-state index contributed by atoms with van der Waals surface area (Å²) >= 11 is 0. The molecule has 8 heteroatoms. The quantitative estimate of drug-likeness (QED) is 0.619. The van der Waals surface area contributed by atoms with Gasteiger partial charge >= 0.3 is 0 Å². The average Bonchev–Trinajstić information content (AvgIpc) is 2.71. The van der Waals surface area contributed by atoms with E-state index < -0.39 is 33.6 Å². The van der Waals surface area contributed by atoms with E-state index in [0.717, 1.165) is 12.1 Å². The van der Waals surface area contributed by atoms with Crippen molar-refractivity contribution < 1.29 is 22.0 Å². The lowest BCUT2D eigenvalue weighted by Crippen LogP contribution is -2.45. The van der Waals surface area contributed by atoms with Crippen LogP contribution in [-0.4, -0.2) is 20.4 Å². The molecule has 0 fully saturated rings. The maximum Gasteiger partial charge on any atom is 0.242 e. The molecule has 3 aromatic rings. The van der Waals surface area contributed by atoms with E-state index in [-0.39, 0.29) is 17.0 Å². The van der Waals surface area contributed by atoms with E-state index in [1.54, 1.807) is 48.5 Å². The van der Waals surface area contributed by atoms with Gasteiger partial charge in [0, 0.05) is 6.07 Å². The summed E-state index contributed by atoms with van der Waals surface area (Å²) in [4.78, 5) is 12.8. The van der Waals surface area contributed by atoms with Gasteiger partial charge in [-0.1, -0.05) is 48.5 Å². The summed E-state index contributed by atoms with van der Waals surface area (Å²) < 4.78 is 54.8. The fourth-order valence-corrected chi connectivity index (χ4v) is 3.92. The summed E-state index contributed by atoms with van der Waals surface area (Å²) in [5.74, 6) is -2.51. The van der Waals surface area contributed by atoms with Crippen molar-refractivity contribution in [2.75, 3.05) is 5.32 Å². The van der Waals surface area contributed by atoms with Crippen LogP contribution in [0.3, 0.4) is 0 Å². The highest BCUT2D eigenvalue weighted by Gasteiger charge is 2.26. The van der Waals surface area contributed by atoms with E-state index in [4.69, 9.17) is 0 Å². The van der Waals surface area contributed by atoms with E-state index >= 15 is 0 Å². The van der Waals surface area contributed by atoms with Gasteiger partial charge < -0.3 is 5.32 Å². The van der Waals surface area contributed by atoms with Gasteiger partial charge in [0.25, 0.3) is 0 Å². The Kier molecular flexibility index (Phi) is 6.36. The first-order valence-electron chi connectivity index (χ1n) is 8.72. The molecule has 1 atom stereocenters. The van der Waals surface area contributed by atoms with Gasteiger partial charge in [0.15, 0.2) is 0 Å². The van der Waals surface area contributed by atoms with Gasteiger partial charge in [0.2, 0.25) is 15.9 Å². The molecule has 0 aromatic heterocycles. The van der Waals surface area contributed by atoms with Gasteiger partial charge in [-0.25, -0.2) is 17.2 Å². The number of carbonyl (C=O) groups excluding carboxylic acids is 1. The molecule has 5 nitrogen and oxygen atoms in total. The fourth-order valence-electron chi connectivity index (χ4n) is 2.70. The minimum Gasteiger partial charge on any atom is -0.322 e. The molecule has 29 heavy (non-hydrogen) atoms. The lowest BCUT2D eigenvalue weighted by atomic mass is 10.1. The predicted octanol–water partition coefficient (Wildman–Crippen LogP) is 3.49. The van der Waals surface area contributed by atoms with Crippen molar-refractivity contribution >= 4 is 21.6 Å². The summed E-state index contributed by atoms with van der Waals surface area (Å²) in [6, 6.07) is 17.9. The summed E-state index contributed by atoms with van der Waals surface area (Å²) in [6.07, 6.45) is 0.0432. The van der Waals surface area contributed by atoms with Gasteiger partial charge in [-0.05, 0) is 36.2 Å². The zero-order chi connectivity index (χ0) is 20.9. The highest BCUT2D eigenvalue weighted by Crippen LogP contribution is 2.17. The van der Waals surface area contributed by atoms with E-state index in [9.17, 15) is 22.0 Å². The molecule has 0 unspecified atom stereocenters. The molecule has 3 rings (SSSR count). The van der Waals surface area contributed by atoms with Gasteiger partial charge in [-0.15, -0.1) is 0 Å². The van der Waals surface area contributed by atoms with Crippen molar-refractivity contribution in [2.45, 2.75) is 17.4 Å². The van der Waals surface area contributed by atoms with Gasteiger partial charge in [0.1, 0.15) is 17.7 Å². The maximum atomic E-state index is 13.9. The molecule has 0 aliphatic rings. The molecule has 0 saturated heterocycles. The van der Waals surface area contributed by atoms with Gasteiger partial charge in [0.05, 0.1) is 10.6 Å². The molecule has 2 N–H and O–H groups in total. The van der Waals surface area contributed by atoms with Gasteiger partial charge in [-0.3, -0.25) is 4.79 Å². The van der Waals surface area contributed by atoms with Crippen molar-refractivity contribution in [1.82, 2.24) is 4.72 Å². The van der Waals surface area contributed by atoms with Crippen LogP contribution in [0.2, 0.25) is 0 Å². The molecule has 3 aromatic carbocycles. The zero-order valence-corrected chi connectivity index (χ0v) is 16.0. The van der Waals surface area contributed by atoms with Crippen LogP contribution >= 0.6 is 0 Å². The van der Waals surface area contributed by atoms with Crippen LogP contribution in [-0.2, 0) is 21.2 Å². The first-order chi connectivity index (χ1) is 13.8. The highest BCUT2D eigenvalue weighted by atomic mass is 32.2. The first-order valence-corrected chi connectivity index (χ1v) is 10.2. The molecule has 0 saturated carbocycles. The van der Waals surface area contributed by atoms with Crippen molar-refractivity contribution in [3.8, 4) is 0 Å². The Morgan fingerprint density at radius 1 is 0.897 bits per heavy atom. The Bertz CT molecular complexity index is 1090. The second-order valence-electron chi connectivity index (χ2n) is 6.29. The standard InChI is InChI=1S/C21H18F2N2O3S/c22-16-11-12-19(18(23)14-16)24-21(26)20(13-15-7-3-1-4-8-15)25-29(27,28)17-9-5-2-6-10-17/h1-12,14,20,25H,13H2,(H,24,26)/t20-/m0/s1. The third-order valence-corrected chi connectivity index (χ3v) is 5.63. The van der Waals surface area contributed by atoms with Crippen LogP contribution in [0.15, 0.2) is 83.8 Å². The number of rotatable bonds is 7. The third-order valence-electron chi connectivity index (χ3n) is 4.14. The van der Waals surface area contributed by atoms with Crippen LogP contribution in [0.5, 0.6) is 0 Å². The summed E-state index contributed by atoms with van der Waals surface area (Å²) in [5, 5.41) is 2.32. The Morgan fingerprint density at radius 2 is 1.52 bits per heavy atom. The SMILES string of the molecule is O=C(Nc1ccc(F)cc1F)[C@H](Cc1ccccc1)NS(=O)(=O)c1ccccc1. The minimum absolute atomic E-state index is 0.00109. The summed E-state index contributed by atoms with van der Waals surface area (Å²) in [7, 11) is -4.00. The van der Waals surface area contributed by atoms with Crippen LogP contribution in [0.4, 0.5) is 14.5 Å². The number of nitrogens with one attached hydrogen (secondary N) is 2. The Hall–Kier alpha value is -3.10. The van der Waals surface area contributed by atoms with E-state index in [2.05, 4.69) is 10.0 Å². The highest BCUT2D eigenvalue weighted by molar-refractivity contribution is 7.89. The molecule has 0 aliphatic heterocycles. The number of sulfonamides is 1. The largest absolute Gasteiger partial charge is 0.322 e. The topological polar surface area (TPSA) is 75.3 Å². The van der Waals surface area contributed by atoms with Crippen LogP contribution < -0.4 is 10.0 Å². The minimum atomic E-state index is -4.00. The second kappa shape index (κ2) is 8.93. The molecule has 1 amide bonds. The number of carbonyl (C=O) groups is 1. The summed E-state index contributed by atoms with van der Waals surface area (Å²) in [5.41, 5.74) is 0.469. The second-order valence-corrected chi connectivity index (χ2v) is 8.00. The molecule has 0 spiro atoms. The van der Waals surface area contributed by atoms with Crippen LogP contribution in [0.1, 0.15) is 5.56 Å². The Labute approximate surface area is 167 Å². The average molecular weight is 416 g/mol. The lowest BCUT2D eigenvalue weighted by Gasteiger charge is -2.19. The fraction of sp³-hybridized carbons (Fsp3) is 0.0952. The number of hydrogen-bond donors (Lipinski definition) is 2. The number of benzene rings is 3. The molecular formula is C21H18F2N2O3S. The molecule has 0 radical (unpaired) electrons. The van der Waals surface area contributed by atoms with E-state index in [1.807, 2.05) is 0 Å². The normalized spacial score (nSPS) is 12.3. The lowest BCUT2D eigenvalue weighted by molar-refractivity contribution is -0.117. The van der Waals surface area contributed by atoms with Crippen molar-refractivity contribution in [3.63, 3.8) is 0 Å². The summed E-state index contributed by atoms with van der Waals surface area (Å²) in [6.45, 7) is 0. The third kappa shape index (κ3) is 5.46. The van der Waals surface area contributed by atoms with Gasteiger partial charge in [-0.2, -0.15) is 4.72 Å². The smallest absolute Gasteiger partial charge is 0.242 e. The predicted molar refractivity (Wildman–Crippen MR) is 106 cm³/mol. The van der Waals surface area contributed by atoms with Crippen molar-refractivity contribution in [3.05, 3.63) is 96.1 Å². The van der Waals surface area contributed by atoms with Crippen molar-refractivity contribution in [1.29, 1.82) is 0 Å². The van der Waals surface area contributed by atoms with Crippen LogP contribution in [0, 0.1) is 11.6 Å². The first kappa shape index (κ1) is 20.6. The molecule has 0 bridgehead atoms. The number of amides is 1. The number of anilines is 1. The molecule has 0 heterocycles. The molecule has 150 valence electrons. The van der Waals surface area contributed by atoms with E-state index in [0.29, 0.717) is 11.6 Å².